The largest absolute Gasteiger partial charge is 0.338 e. The normalized spacial score (nSPS) is 16.8. The van der Waals surface area contributed by atoms with Crippen LogP contribution in [-0.2, 0) is 17.9 Å². The fourth-order valence-corrected chi connectivity index (χ4v) is 3.62. The van der Waals surface area contributed by atoms with Crippen molar-refractivity contribution in [3.63, 3.8) is 0 Å². The molecule has 7 nitrogen and oxygen atoms in total. The summed E-state index contributed by atoms with van der Waals surface area (Å²) < 4.78 is 29.1. The zero-order valence-electron chi connectivity index (χ0n) is 16.9. The van der Waals surface area contributed by atoms with Gasteiger partial charge >= 0.3 is 0 Å². The summed E-state index contributed by atoms with van der Waals surface area (Å²) >= 11 is 0. The zero-order chi connectivity index (χ0) is 20.4. The van der Waals surface area contributed by atoms with E-state index in [9.17, 15) is 13.6 Å². The lowest BCUT2D eigenvalue weighted by atomic mass is 10.2. The molecule has 3 heterocycles. The van der Waals surface area contributed by atoms with Gasteiger partial charge in [-0.15, -0.1) is 0 Å². The third-order valence-corrected chi connectivity index (χ3v) is 5.34. The van der Waals surface area contributed by atoms with Gasteiger partial charge < -0.3 is 4.90 Å². The summed E-state index contributed by atoms with van der Waals surface area (Å²) in [6.07, 6.45) is -0.554. The summed E-state index contributed by atoms with van der Waals surface area (Å²) in [6, 6.07) is 0.745. The first-order chi connectivity index (χ1) is 13.3. The van der Waals surface area contributed by atoms with E-state index in [1.54, 1.807) is 18.7 Å². The van der Waals surface area contributed by atoms with Crippen molar-refractivity contribution in [2.45, 2.75) is 53.3 Å². The molecule has 1 aliphatic heterocycles. The Kier molecular flexibility index (Phi) is 6.12. The topological polar surface area (TPSA) is 59.2 Å². The predicted octanol–water partition coefficient (Wildman–Crippen LogP) is 2.56. The molecular formula is C19H28F2N6O. The van der Waals surface area contributed by atoms with Crippen LogP contribution in [0.2, 0.25) is 0 Å². The standard InChI is InChI=1S/C19H28F2N6O/c1-5-26-12-16(14(3)22-26)11-24-6-8-25(9-7-24)19(28)15(4)27-13(2)10-17(23-27)18(20)21/h10,12,15,18H,5-9,11H2,1-4H3. The number of alkyl halides is 2. The average molecular weight is 394 g/mol. The van der Waals surface area contributed by atoms with E-state index in [2.05, 4.69) is 28.2 Å². The first kappa shape index (κ1) is 20.4. The number of aryl methyl sites for hydroxylation is 3. The molecule has 0 spiro atoms. The maximum Gasteiger partial charge on any atom is 0.282 e. The summed E-state index contributed by atoms with van der Waals surface area (Å²) in [6.45, 7) is 11.9. The number of nitrogens with zero attached hydrogens (tertiary/aromatic N) is 6. The molecule has 154 valence electrons. The average Bonchev–Trinajstić information content (AvgIpc) is 3.24. The van der Waals surface area contributed by atoms with Gasteiger partial charge in [0.2, 0.25) is 5.91 Å². The van der Waals surface area contributed by atoms with Crippen molar-refractivity contribution in [2.24, 2.45) is 0 Å². The van der Waals surface area contributed by atoms with E-state index in [0.29, 0.717) is 18.8 Å². The lowest BCUT2D eigenvalue weighted by molar-refractivity contribution is -0.136. The first-order valence-electron chi connectivity index (χ1n) is 9.68. The van der Waals surface area contributed by atoms with E-state index >= 15 is 0 Å². The van der Waals surface area contributed by atoms with E-state index in [-0.39, 0.29) is 11.6 Å². The molecule has 1 amide bonds. The molecule has 0 aromatic carbocycles. The fourth-order valence-electron chi connectivity index (χ4n) is 3.62. The lowest BCUT2D eigenvalue weighted by Gasteiger charge is -2.36. The Labute approximate surface area is 163 Å². The fraction of sp³-hybridized carbons (Fsp3) is 0.632. The second-order valence-electron chi connectivity index (χ2n) is 7.33. The third kappa shape index (κ3) is 4.24. The van der Waals surface area contributed by atoms with Gasteiger partial charge in [0, 0.05) is 56.7 Å². The highest BCUT2D eigenvalue weighted by atomic mass is 19.3. The summed E-state index contributed by atoms with van der Waals surface area (Å²) in [5.74, 6) is -0.0818. The van der Waals surface area contributed by atoms with Gasteiger partial charge in [0.25, 0.3) is 6.43 Å². The molecule has 1 atom stereocenters. The molecule has 2 aromatic heterocycles. The summed E-state index contributed by atoms with van der Waals surface area (Å²) in [5, 5.41) is 8.39. The Morgan fingerprint density at radius 3 is 2.39 bits per heavy atom. The van der Waals surface area contributed by atoms with Crippen LogP contribution in [0.5, 0.6) is 0 Å². The van der Waals surface area contributed by atoms with E-state index in [4.69, 9.17) is 0 Å². The lowest BCUT2D eigenvalue weighted by Crippen LogP contribution is -2.50. The molecule has 0 radical (unpaired) electrons. The van der Waals surface area contributed by atoms with Crippen LogP contribution < -0.4 is 0 Å². The van der Waals surface area contributed by atoms with Crippen LogP contribution in [0.25, 0.3) is 0 Å². The highest BCUT2D eigenvalue weighted by molar-refractivity contribution is 5.80. The highest BCUT2D eigenvalue weighted by Crippen LogP contribution is 2.22. The number of carbonyl (C=O) groups is 1. The number of aromatic nitrogens is 4. The van der Waals surface area contributed by atoms with Gasteiger partial charge in [-0.05, 0) is 33.8 Å². The number of piperazine rings is 1. The molecule has 3 rings (SSSR count). The molecular weight excluding hydrogens is 366 g/mol. The van der Waals surface area contributed by atoms with Gasteiger partial charge in [-0.1, -0.05) is 0 Å². The number of halogens is 2. The summed E-state index contributed by atoms with van der Waals surface area (Å²) in [7, 11) is 0. The summed E-state index contributed by atoms with van der Waals surface area (Å²) in [5.41, 5.74) is 2.53. The van der Waals surface area contributed by atoms with E-state index in [1.165, 1.54) is 16.3 Å². The quantitative estimate of drug-likeness (QED) is 0.756. The third-order valence-electron chi connectivity index (χ3n) is 5.34. The van der Waals surface area contributed by atoms with Gasteiger partial charge in [-0.3, -0.25) is 19.1 Å². The second kappa shape index (κ2) is 8.38. The van der Waals surface area contributed by atoms with Gasteiger partial charge in [0.1, 0.15) is 11.7 Å². The number of amides is 1. The van der Waals surface area contributed by atoms with Gasteiger partial charge in [0.15, 0.2) is 0 Å². The smallest absolute Gasteiger partial charge is 0.282 e. The van der Waals surface area contributed by atoms with Crippen molar-refractivity contribution < 1.29 is 13.6 Å². The van der Waals surface area contributed by atoms with Crippen molar-refractivity contribution in [1.29, 1.82) is 0 Å². The number of hydrogen-bond acceptors (Lipinski definition) is 4. The minimum absolute atomic E-state index is 0.0818. The van der Waals surface area contributed by atoms with Crippen molar-refractivity contribution in [2.75, 3.05) is 26.2 Å². The van der Waals surface area contributed by atoms with Crippen LogP contribution in [0.3, 0.4) is 0 Å². The van der Waals surface area contributed by atoms with Crippen molar-refractivity contribution in [3.8, 4) is 0 Å². The molecule has 9 heteroatoms. The molecule has 0 aliphatic carbocycles. The van der Waals surface area contributed by atoms with Crippen LogP contribution in [-0.4, -0.2) is 61.4 Å². The maximum absolute atomic E-state index is 12.9. The van der Waals surface area contributed by atoms with Crippen LogP contribution in [0.4, 0.5) is 8.78 Å². The monoisotopic (exact) mass is 394 g/mol. The van der Waals surface area contributed by atoms with Crippen LogP contribution in [0.15, 0.2) is 12.3 Å². The Hall–Kier alpha value is -2.29. The molecule has 1 saturated heterocycles. The molecule has 1 unspecified atom stereocenters. The number of carbonyl (C=O) groups excluding carboxylic acids is 1. The first-order valence-corrected chi connectivity index (χ1v) is 9.68. The highest BCUT2D eigenvalue weighted by Gasteiger charge is 2.28. The Balaban J connectivity index is 1.58. The van der Waals surface area contributed by atoms with Crippen molar-refractivity contribution in [1.82, 2.24) is 29.4 Å². The van der Waals surface area contributed by atoms with Crippen LogP contribution in [0, 0.1) is 13.8 Å². The molecule has 1 fully saturated rings. The molecule has 0 N–H and O–H groups in total. The van der Waals surface area contributed by atoms with Crippen molar-refractivity contribution >= 4 is 5.91 Å². The Morgan fingerprint density at radius 1 is 1.18 bits per heavy atom. The van der Waals surface area contributed by atoms with E-state index < -0.39 is 12.5 Å². The Bertz CT molecular complexity index is 823. The molecule has 0 saturated carbocycles. The molecule has 0 bridgehead atoms. The van der Waals surface area contributed by atoms with Gasteiger partial charge in [0.05, 0.1) is 5.69 Å². The van der Waals surface area contributed by atoms with Crippen molar-refractivity contribution in [3.05, 3.63) is 34.9 Å². The second-order valence-corrected chi connectivity index (χ2v) is 7.33. The molecule has 28 heavy (non-hydrogen) atoms. The Morgan fingerprint density at radius 2 is 1.86 bits per heavy atom. The SMILES string of the molecule is CCn1cc(CN2CCN(C(=O)C(C)n3nc(C(F)F)cc3C)CC2)c(C)n1. The minimum Gasteiger partial charge on any atom is -0.338 e. The van der Waals surface area contributed by atoms with Gasteiger partial charge in [-0.25, -0.2) is 8.78 Å². The number of hydrogen-bond donors (Lipinski definition) is 0. The van der Waals surface area contributed by atoms with Crippen LogP contribution >= 0.6 is 0 Å². The van der Waals surface area contributed by atoms with E-state index in [1.807, 2.05) is 11.6 Å². The van der Waals surface area contributed by atoms with Crippen LogP contribution in [0.1, 0.15) is 49.0 Å². The minimum atomic E-state index is -2.63. The maximum atomic E-state index is 12.9. The molecule has 2 aromatic rings. The summed E-state index contributed by atoms with van der Waals surface area (Å²) in [4.78, 5) is 16.9. The predicted molar refractivity (Wildman–Crippen MR) is 101 cm³/mol. The van der Waals surface area contributed by atoms with Gasteiger partial charge in [-0.2, -0.15) is 10.2 Å². The zero-order valence-corrected chi connectivity index (χ0v) is 16.9. The number of rotatable bonds is 6. The molecule has 1 aliphatic rings. The van der Waals surface area contributed by atoms with E-state index in [0.717, 1.165) is 31.9 Å².